The van der Waals surface area contributed by atoms with Crippen molar-refractivity contribution in [2.24, 2.45) is 4.99 Å². The highest BCUT2D eigenvalue weighted by atomic mass is 16.6. The summed E-state index contributed by atoms with van der Waals surface area (Å²) >= 11 is 0. The van der Waals surface area contributed by atoms with Crippen molar-refractivity contribution in [3.05, 3.63) is 65.5 Å². The lowest BCUT2D eigenvalue weighted by Gasteiger charge is -2.11. The molecule has 0 saturated carbocycles. The van der Waals surface area contributed by atoms with Crippen molar-refractivity contribution in [3.63, 3.8) is 0 Å². The van der Waals surface area contributed by atoms with Gasteiger partial charge in [-0.2, -0.15) is 0 Å². The number of hydrogen-bond donors (Lipinski definition) is 0. The number of aromatic nitrogens is 1. The van der Waals surface area contributed by atoms with Crippen LogP contribution >= 0.6 is 0 Å². The van der Waals surface area contributed by atoms with Crippen LogP contribution in [0, 0.1) is 6.92 Å². The summed E-state index contributed by atoms with van der Waals surface area (Å²) in [6.07, 6.45) is -0.586. The number of carbonyl (C=O) groups excluding carboxylic acids is 1. The Morgan fingerprint density at radius 3 is 2.62 bits per heavy atom. The summed E-state index contributed by atoms with van der Waals surface area (Å²) in [5, 5.41) is 0.847. The van der Waals surface area contributed by atoms with Crippen LogP contribution in [0.3, 0.4) is 0 Å². The Hall–Kier alpha value is -2.95. The fourth-order valence-corrected chi connectivity index (χ4v) is 2.49. The van der Waals surface area contributed by atoms with Gasteiger partial charge in [-0.05, 0) is 37.6 Å². The second-order valence-electron chi connectivity index (χ2n) is 5.53. The van der Waals surface area contributed by atoms with Gasteiger partial charge in [0.2, 0.25) is 11.4 Å². The van der Waals surface area contributed by atoms with Crippen LogP contribution in [0.2, 0.25) is 0 Å². The van der Waals surface area contributed by atoms with Gasteiger partial charge >= 0.3 is 5.97 Å². The number of para-hydroxylation sites is 1. The van der Waals surface area contributed by atoms with Crippen molar-refractivity contribution in [1.82, 2.24) is 4.98 Å². The predicted octanol–water partition coefficient (Wildman–Crippen LogP) is 3.99. The zero-order valence-corrected chi connectivity index (χ0v) is 13.8. The maximum absolute atomic E-state index is 11.2. The van der Waals surface area contributed by atoms with Crippen LogP contribution in [0.5, 0.6) is 0 Å². The molecule has 1 atom stereocenters. The first-order chi connectivity index (χ1) is 11.5. The molecule has 122 valence electrons. The van der Waals surface area contributed by atoms with Gasteiger partial charge in [-0.1, -0.05) is 30.3 Å². The van der Waals surface area contributed by atoms with Gasteiger partial charge in [0.15, 0.2) is 6.10 Å². The average Bonchev–Trinajstić information content (AvgIpc) is 2.55. The third kappa shape index (κ3) is 3.35. The van der Waals surface area contributed by atoms with Gasteiger partial charge in [-0.25, -0.2) is 9.98 Å². The number of benzene rings is 2. The second kappa shape index (κ2) is 6.66. The minimum Gasteiger partial charge on any atom is -0.453 e. The maximum atomic E-state index is 11.2. The Balaban J connectivity index is 2.25. The molecule has 0 unspecified atom stereocenters. The van der Waals surface area contributed by atoms with Gasteiger partial charge in [0.25, 0.3) is 0 Å². The largest absolute Gasteiger partial charge is 0.453 e. The van der Waals surface area contributed by atoms with E-state index in [1.165, 1.54) is 6.92 Å². The molecule has 0 radical (unpaired) electrons. The fourth-order valence-electron chi connectivity index (χ4n) is 2.49. The lowest BCUT2D eigenvalue weighted by Crippen LogP contribution is -2.13. The van der Waals surface area contributed by atoms with Gasteiger partial charge in [0.1, 0.15) is 0 Å². The van der Waals surface area contributed by atoms with E-state index in [4.69, 9.17) is 9.15 Å². The van der Waals surface area contributed by atoms with E-state index in [0.29, 0.717) is 11.4 Å². The molecule has 0 aliphatic heterocycles. The number of carbonyl (C=O) groups is 1. The summed E-state index contributed by atoms with van der Waals surface area (Å²) in [5.41, 5.74) is 3.01. The summed E-state index contributed by atoms with van der Waals surface area (Å²) in [5.74, 6) is -0.0663. The smallest absolute Gasteiger partial charge is 0.303 e. The average molecular weight is 322 g/mol. The Morgan fingerprint density at radius 2 is 1.92 bits per heavy atom. The SMILES string of the molecule is CC(=O)O[C@@H](C)c1nc2cccc(C)c2/c(=N/c2ccccc2)o1. The summed E-state index contributed by atoms with van der Waals surface area (Å²) < 4.78 is 11.1. The fraction of sp³-hybridized carbons (Fsp3) is 0.211. The number of ether oxygens (including phenoxy) is 1. The number of hydrogen-bond acceptors (Lipinski definition) is 5. The molecule has 24 heavy (non-hydrogen) atoms. The van der Waals surface area contributed by atoms with Gasteiger partial charge in [0, 0.05) is 6.92 Å². The van der Waals surface area contributed by atoms with Gasteiger partial charge in [-0.15, -0.1) is 0 Å². The molecular weight excluding hydrogens is 304 g/mol. The monoisotopic (exact) mass is 322 g/mol. The highest BCUT2D eigenvalue weighted by Crippen LogP contribution is 2.19. The Labute approximate surface area is 139 Å². The molecule has 2 aromatic carbocycles. The van der Waals surface area contributed by atoms with E-state index in [-0.39, 0.29) is 5.97 Å². The summed E-state index contributed by atoms with van der Waals surface area (Å²) in [7, 11) is 0. The molecule has 0 bridgehead atoms. The predicted molar refractivity (Wildman–Crippen MR) is 90.6 cm³/mol. The van der Waals surface area contributed by atoms with E-state index in [1.807, 2.05) is 55.5 Å². The van der Waals surface area contributed by atoms with Gasteiger partial charge in [-0.3, -0.25) is 4.79 Å². The Kier molecular flexibility index (Phi) is 4.42. The third-order valence-electron chi connectivity index (χ3n) is 3.57. The quantitative estimate of drug-likeness (QED) is 0.684. The number of rotatable bonds is 3. The molecular formula is C19H18N2O3. The van der Waals surface area contributed by atoms with Crippen molar-refractivity contribution in [2.75, 3.05) is 0 Å². The van der Waals surface area contributed by atoms with Gasteiger partial charge < -0.3 is 9.15 Å². The lowest BCUT2D eigenvalue weighted by molar-refractivity contribution is -0.146. The Morgan fingerprint density at radius 1 is 1.17 bits per heavy atom. The number of esters is 1. The molecule has 0 amide bonds. The van der Waals surface area contributed by atoms with Crippen LogP contribution in [0.1, 0.15) is 31.4 Å². The zero-order valence-electron chi connectivity index (χ0n) is 13.8. The van der Waals surface area contributed by atoms with E-state index in [2.05, 4.69) is 9.98 Å². The molecule has 0 saturated heterocycles. The van der Waals surface area contributed by atoms with Crippen LogP contribution in [0.15, 0.2) is 57.9 Å². The third-order valence-corrected chi connectivity index (χ3v) is 3.57. The first-order valence-electron chi connectivity index (χ1n) is 7.72. The van der Waals surface area contributed by atoms with Crippen molar-refractivity contribution in [3.8, 4) is 0 Å². The number of nitrogens with zero attached hydrogens (tertiary/aromatic N) is 2. The second-order valence-corrected chi connectivity index (χ2v) is 5.53. The van der Waals surface area contributed by atoms with E-state index in [1.54, 1.807) is 6.92 Å². The van der Waals surface area contributed by atoms with Crippen LogP contribution in [-0.4, -0.2) is 11.0 Å². The molecule has 3 aromatic rings. The molecule has 5 nitrogen and oxygen atoms in total. The van der Waals surface area contributed by atoms with E-state index >= 15 is 0 Å². The van der Waals surface area contributed by atoms with Crippen molar-refractivity contribution < 1.29 is 13.9 Å². The molecule has 0 fully saturated rings. The minimum absolute atomic E-state index is 0.318. The molecule has 0 spiro atoms. The zero-order chi connectivity index (χ0) is 17.1. The summed E-state index contributed by atoms with van der Waals surface area (Å²) in [4.78, 5) is 20.3. The highest BCUT2D eigenvalue weighted by Gasteiger charge is 2.16. The lowest BCUT2D eigenvalue weighted by atomic mass is 10.1. The maximum Gasteiger partial charge on any atom is 0.303 e. The first-order valence-corrected chi connectivity index (χ1v) is 7.72. The van der Waals surface area contributed by atoms with Crippen molar-refractivity contribution in [2.45, 2.75) is 26.9 Å². The molecule has 1 aromatic heterocycles. The van der Waals surface area contributed by atoms with Gasteiger partial charge in [0.05, 0.1) is 16.6 Å². The topological polar surface area (TPSA) is 64.7 Å². The van der Waals surface area contributed by atoms with E-state index in [0.717, 1.165) is 22.2 Å². The standard InChI is InChI=1S/C19H18N2O3/c1-12-8-7-11-16-17(12)19(20-15-9-5-4-6-10-15)24-18(21-16)13(2)23-14(3)22/h4-11,13H,1-3H3/b20-19-/t13-/m0/s1. The van der Waals surface area contributed by atoms with E-state index < -0.39 is 6.10 Å². The van der Waals surface area contributed by atoms with Crippen LogP contribution in [-0.2, 0) is 9.53 Å². The molecule has 1 heterocycles. The van der Waals surface area contributed by atoms with Crippen molar-refractivity contribution in [1.29, 1.82) is 0 Å². The number of aryl methyl sites for hydroxylation is 1. The number of fused-ring (bicyclic) bond motifs is 1. The molecule has 0 N–H and O–H groups in total. The normalized spacial score (nSPS) is 13.0. The molecule has 3 rings (SSSR count). The first kappa shape index (κ1) is 15.9. The van der Waals surface area contributed by atoms with Crippen LogP contribution < -0.4 is 5.55 Å². The summed E-state index contributed by atoms with van der Waals surface area (Å²) in [6, 6.07) is 15.4. The minimum atomic E-state index is -0.586. The van der Waals surface area contributed by atoms with Crippen LogP contribution in [0.4, 0.5) is 5.69 Å². The molecule has 5 heteroatoms. The molecule has 0 aliphatic carbocycles. The van der Waals surface area contributed by atoms with Crippen LogP contribution in [0.25, 0.3) is 10.9 Å². The molecule has 0 aliphatic rings. The Bertz CT molecular complexity index is 946. The highest BCUT2D eigenvalue weighted by molar-refractivity contribution is 5.80. The summed E-state index contributed by atoms with van der Waals surface area (Å²) in [6.45, 7) is 5.07. The van der Waals surface area contributed by atoms with Crippen molar-refractivity contribution >= 4 is 22.6 Å². The van der Waals surface area contributed by atoms with E-state index in [9.17, 15) is 4.79 Å².